The molecule has 0 bridgehead atoms. The van der Waals surface area contributed by atoms with E-state index in [9.17, 15) is 24.4 Å². The Kier molecular flexibility index (Phi) is 3.64. The van der Waals surface area contributed by atoms with Crippen molar-refractivity contribution in [3.05, 3.63) is 22.5 Å². The summed E-state index contributed by atoms with van der Waals surface area (Å²) in [5, 5.41) is 28.9. The Bertz CT molecular complexity index is 395. The first-order valence-electron chi connectivity index (χ1n) is 4.11. The van der Waals surface area contributed by atoms with Crippen LogP contribution in [0.4, 0.5) is 10.3 Å². The second-order valence-electron chi connectivity index (χ2n) is 2.88. The third kappa shape index (κ3) is 2.20. The van der Waals surface area contributed by atoms with Crippen LogP contribution in [0, 0.1) is 10.1 Å². The second-order valence-corrected chi connectivity index (χ2v) is 2.88. The predicted molar refractivity (Wildman–Crippen MR) is 47.1 cm³/mol. The van der Waals surface area contributed by atoms with Crippen molar-refractivity contribution in [3.8, 4) is 0 Å². The first-order valence-corrected chi connectivity index (χ1v) is 4.11. The summed E-state index contributed by atoms with van der Waals surface area (Å²) < 4.78 is 13.3. The average Bonchev–Trinajstić information content (AvgIpc) is 2.74. The lowest BCUT2D eigenvalue weighted by molar-refractivity contribution is -0.398. The Morgan fingerprint density at radius 3 is 2.75 bits per heavy atom. The van der Waals surface area contributed by atoms with Crippen LogP contribution in [0.25, 0.3) is 0 Å². The number of hydrogen-bond donors (Lipinski definition) is 2. The number of nitrogens with zero attached hydrogens (tertiary/aromatic N) is 3. The van der Waals surface area contributed by atoms with Gasteiger partial charge in [0.25, 0.3) is 0 Å². The van der Waals surface area contributed by atoms with Crippen LogP contribution in [0.3, 0.4) is 0 Å². The summed E-state index contributed by atoms with van der Waals surface area (Å²) in [5.74, 6) is -0.760. The minimum atomic E-state index is -2.34. The Hall–Kier alpha value is -1.87. The fraction of sp³-hybridized carbons (Fsp3) is 0.429. The highest BCUT2D eigenvalue weighted by Crippen LogP contribution is 2.18. The van der Waals surface area contributed by atoms with E-state index in [4.69, 9.17) is 5.11 Å². The number of aromatic nitrogens is 2. The van der Waals surface area contributed by atoms with Gasteiger partial charge in [-0.05, 0) is 4.92 Å². The van der Waals surface area contributed by atoms with Gasteiger partial charge in [-0.3, -0.25) is 0 Å². The molecule has 16 heavy (non-hydrogen) atoms. The van der Waals surface area contributed by atoms with E-state index < -0.39 is 29.4 Å². The molecule has 0 spiro atoms. The molecule has 0 fully saturated rings. The van der Waals surface area contributed by atoms with Crippen LogP contribution in [0.5, 0.6) is 0 Å². The fourth-order valence-electron chi connectivity index (χ4n) is 1.06. The third-order valence-corrected chi connectivity index (χ3v) is 1.86. The zero-order chi connectivity index (χ0) is 12.3. The highest BCUT2D eigenvalue weighted by molar-refractivity contribution is 5.56. The molecule has 0 saturated heterocycles. The summed E-state index contributed by atoms with van der Waals surface area (Å²) in [6, 6.07) is 0. The van der Waals surface area contributed by atoms with Crippen molar-refractivity contribution in [2.24, 2.45) is 0 Å². The highest BCUT2D eigenvalue weighted by atomic mass is 19.1. The maximum atomic E-state index is 12.7. The summed E-state index contributed by atoms with van der Waals surface area (Å²) in [7, 11) is 0. The van der Waals surface area contributed by atoms with Gasteiger partial charge in [0.1, 0.15) is 12.4 Å². The van der Waals surface area contributed by atoms with E-state index in [1.54, 1.807) is 0 Å². The molecule has 1 heterocycles. The van der Waals surface area contributed by atoms with Gasteiger partial charge in [0.05, 0.1) is 0 Å². The van der Waals surface area contributed by atoms with Gasteiger partial charge < -0.3 is 25.1 Å². The average molecular weight is 233 g/mol. The Labute approximate surface area is 88.1 Å². The molecule has 9 heteroatoms. The largest absolute Gasteiger partial charge is 0.436 e. The first-order chi connectivity index (χ1) is 7.49. The van der Waals surface area contributed by atoms with Crippen LogP contribution in [0.2, 0.25) is 0 Å². The van der Waals surface area contributed by atoms with Gasteiger partial charge in [0.2, 0.25) is 6.23 Å². The fourth-order valence-corrected chi connectivity index (χ4v) is 1.06. The molecular formula is C7H8FN3O5. The van der Waals surface area contributed by atoms with Crippen LogP contribution in [-0.4, -0.2) is 43.2 Å². The number of aliphatic hydroxyl groups is 2. The lowest BCUT2D eigenvalue weighted by Gasteiger charge is -2.16. The van der Waals surface area contributed by atoms with E-state index in [1.807, 2.05) is 0 Å². The minimum Gasteiger partial charge on any atom is -0.390 e. The molecule has 1 aromatic heterocycles. The number of hydrogen-bond acceptors (Lipinski definition) is 6. The molecule has 3 unspecified atom stereocenters. The summed E-state index contributed by atoms with van der Waals surface area (Å²) >= 11 is 0. The maximum Gasteiger partial charge on any atom is 0.436 e. The topological polar surface area (TPSA) is 118 Å². The van der Waals surface area contributed by atoms with E-state index in [1.165, 1.54) is 0 Å². The monoisotopic (exact) mass is 233 g/mol. The molecule has 8 nitrogen and oxygen atoms in total. The van der Waals surface area contributed by atoms with E-state index >= 15 is 0 Å². The van der Waals surface area contributed by atoms with Gasteiger partial charge in [-0.25, -0.2) is 8.96 Å². The normalized spacial score (nSPS) is 16.4. The molecular weight excluding hydrogens is 225 g/mol. The molecule has 0 saturated carbocycles. The number of imidazole rings is 1. The number of aliphatic hydroxyl groups excluding tert-OH is 2. The van der Waals surface area contributed by atoms with Crippen LogP contribution < -0.4 is 0 Å². The molecule has 88 valence electrons. The number of aldehydes is 1. The number of carbonyl (C=O) groups excluding carboxylic acids is 1. The van der Waals surface area contributed by atoms with E-state index in [0.29, 0.717) is 4.57 Å². The molecule has 1 rings (SSSR count). The van der Waals surface area contributed by atoms with Crippen molar-refractivity contribution < 1.29 is 24.3 Å². The standard InChI is InChI=1S/C7H8FN3O5/c8-4(3-12)5(13)6(14)10-2-1-9-7(10)11(15)16/h1-6,13-14H. The van der Waals surface area contributed by atoms with Crippen LogP contribution in [0.15, 0.2) is 12.4 Å². The number of carbonyl (C=O) groups is 1. The summed E-state index contributed by atoms with van der Waals surface area (Å²) in [6.07, 6.45) is -4.60. The lowest BCUT2D eigenvalue weighted by atomic mass is 10.2. The van der Waals surface area contributed by atoms with E-state index in [2.05, 4.69) is 4.98 Å². The number of rotatable bonds is 5. The summed E-state index contributed by atoms with van der Waals surface area (Å²) in [5.41, 5.74) is 0. The first kappa shape index (κ1) is 12.2. The molecule has 2 N–H and O–H groups in total. The van der Waals surface area contributed by atoms with Gasteiger partial charge >= 0.3 is 5.95 Å². The van der Waals surface area contributed by atoms with E-state index in [0.717, 1.165) is 12.4 Å². The smallest absolute Gasteiger partial charge is 0.390 e. The van der Waals surface area contributed by atoms with Crippen molar-refractivity contribution in [2.45, 2.75) is 18.5 Å². The number of alkyl halides is 1. The molecule has 0 radical (unpaired) electrons. The summed E-state index contributed by atoms with van der Waals surface area (Å²) in [4.78, 5) is 22.8. The minimum absolute atomic E-state index is 0.212. The molecule has 1 aromatic rings. The van der Waals surface area contributed by atoms with Gasteiger partial charge in [-0.2, -0.15) is 0 Å². The van der Waals surface area contributed by atoms with Gasteiger partial charge in [0.15, 0.2) is 18.6 Å². The Morgan fingerprint density at radius 2 is 2.25 bits per heavy atom. The highest BCUT2D eigenvalue weighted by Gasteiger charge is 2.32. The van der Waals surface area contributed by atoms with Gasteiger partial charge in [-0.1, -0.05) is 4.98 Å². The Balaban J connectivity index is 2.95. The number of nitro groups is 1. The number of halogens is 1. The molecule has 0 aromatic carbocycles. The van der Waals surface area contributed by atoms with Crippen molar-refractivity contribution in [3.63, 3.8) is 0 Å². The van der Waals surface area contributed by atoms with Crippen molar-refractivity contribution in [1.82, 2.24) is 9.55 Å². The van der Waals surface area contributed by atoms with Gasteiger partial charge in [0, 0.05) is 0 Å². The van der Waals surface area contributed by atoms with Crippen LogP contribution >= 0.6 is 0 Å². The molecule has 0 aliphatic heterocycles. The second kappa shape index (κ2) is 4.77. The lowest BCUT2D eigenvalue weighted by Crippen LogP contribution is -2.33. The summed E-state index contributed by atoms with van der Waals surface area (Å²) in [6.45, 7) is 0. The van der Waals surface area contributed by atoms with E-state index in [-0.39, 0.29) is 6.29 Å². The van der Waals surface area contributed by atoms with Crippen molar-refractivity contribution >= 4 is 12.2 Å². The Morgan fingerprint density at radius 1 is 1.62 bits per heavy atom. The van der Waals surface area contributed by atoms with Gasteiger partial charge in [-0.15, -0.1) is 0 Å². The predicted octanol–water partition coefficient (Wildman–Crippen LogP) is -0.820. The van der Waals surface area contributed by atoms with Crippen molar-refractivity contribution in [1.29, 1.82) is 0 Å². The third-order valence-electron chi connectivity index (χ3n) is 1.86. The quantitative estimate of drug-likeness (QED) is 0.389. The van der Waals surface area contributed by atoms with Crippen LogP contribution in [0.1, 0.15) is 6.23 Å². The van der Waals surface area contributed by atoms with Crippen LogP contribution in [-0.2, 0) is 4.79 Å². The molecule has 0 amide bonds. The molecule has 0 aliphatic rings. The SMILES string of the molecule is O=CC(F)C(O)C(O)n1ccnc1[N+](=O)[O-]. The van der Waals surface area contributed by atoms with Crippen molar-refractivity contribution in [2.75, 3.05) is 0 Å². The zero-order valence-corrected chi connectivity index (χ0v) is 7.80. The zero-order valence-electron chi connectivity index (χ0n) is 7.80. The molecule has 3 atom stereocenters. The molecule has 0 aliphatic carbocycles. The maximum absolute atomic E-state index is 12.7.